The number of rotatable bonds is 3. The van der Waals surface area contributed by atoms with Crippen LogP contribution in [0.4, 0.5) is 0 Å². The number of nitrogens with one attached hydrogen (secondary N) is 2. The van der Waals surface area contributed by atoms with Gasteiger partial charge in [-0.3, -0.25) is 15.0 Å². The van der Waals surface area contributed by atoms with Gasteiger partial charge in [-0.15, -0.1) is 0 Å². The number of hydrogen-bond acceptors (Lipinski definition) is 3. The van der Waals surface area contributed by atoms with Gasteiger partial charge in [-0.25, -0.2) is 5.43 Å². The lowest BCUT2D eigenvalue weighted by Crippen LogP contribution is -2.45. The first-order valence-electron chi connectivity index (χ1n) is 2.79. The summed E-state index contributed by atoms with van der Waals surface area (Å²) in [4.78, 5) is 20.3. The van der Waals surface area contributed by atoms with Crippen molar-refractivity contribution in [1.82, 2.24) is 10.9 Å². The molecular formula is C5H10N2O3. The Kier molecular flexibility index (Phi) is 3.42. The van der Waals surface area contributed by atoms with Gasteiger partial charge in [0.2, 0.25) is 5.91 Å². The van der Waals surface area contributed by atoms with E-state index < -0.39 is 12.0 Å². The van der Waals surface area contributed by atoms with Crippen molar-refractivity contribution in [2.75, 3.05) is 0 Å². The summed E-state index contributed by atoms with van der Waals surface area (Å²) in [6.45, 7) is 2.72. The maximum atomic E-state index is 10.2. The van der Waals surface area contributed by atoms with Crippen molar-refractivity contribution < 1.29 is 14.7 Å². The van der Waals surface area contributed by atoms with E-state index >= 15 is 0 Å². The number of carbonyl (C=O) groups is 2. The number of carboxylic acids is 1. The summed E-state index contributed by atoms with van der Waals surface area (Å²) in [6.07, 6.45) is 0. The molecule has 5 nitrogen and oxygen atoms in total. The Morgan fingerprint density at radius 3 is 2.30 bits per heavy atom. The van der Waals surface area contributed by atoms with Crippen LogP contribution in [0.25, 0.3) is 0 Å². The topological polar surface area (TPSA) is 78.4 Å². The lowest BCUT2D eigenvalue weighted by molar-refractivity contribution is -0.139. The highest BCUT2D eigenvalue weighted by atomic mass is 16.4. The van der Waals surface area contributed by atoms with E-state index in [2.05, 4.69) is 10.9 Å². The summed E-state index contributed by atoms with van der Waals surface area (Å²) in [5, 5.41) is 8.28. The van der Waals surface area contributed by atoms with Gasteiger partial charge in [0, 0.05) is 6.92 Å². The summed E-state index contributed by atoms with van der Waals surface area (Å²) in [6, 6.07) is -0.760. The highest BCUT2D eigenvalue weighted by Crippen LogP contribution is 1.75. The van der Waals surface area contributed by atoms with E-state index in [0.29, 0.717) is 0 Å². The van der Waals surface area contributed by atoms with Crippen LogP contribution in [0.3, 0.4) is 0 Å². The average molecular weight is 146 g/mol. The maximum absolute atomic E-state index is 10.2. The molecule has 0 bridgehead atoms. The van der Waals surface area contributed by atoms with E-state index in [1.807, 2.05) is 0 Å². The summed E-state index contributed by atoms with van der Waals surface area (Å²) in [5.74, 6) is -1.32. The fourth-order valence-electron chi connectivity index (χ4n) is 0.272. The van der Waals surface area contributed by atoms with Crippen molar-refractivity contribution >= 4 is 11.9 Å². The van der Waals surface area contributed by atoms with Crippen LogP contribution in [-0.4, -0.2) is 23.0 Å². The first kappa shape index (κ1) is 8.90. The number of aliphatic carboxylic acids is 1. The van der Waals surface area contributed by atoms with Crippen molar-refractivity contribution in [3.8, 4) is 0 Å². The number of carboxylic acid groups (broad SMARTS) is 1. The Bertz CT molecular complexity index is 146. The smallest absolute Gasteiger partial charge is 0.322 e. The van der Waals surface area contributed by atoms with E-state index in [0.717, 1.165) is 0 Å². The molecule has 0 aliphatic heterocycles. The molecule has 0 radical (unpaired) electrons. The minimum Gasteiger partial charge on any atom is -0.480 e. The fraction of sp³-hybridized carbons (Fsp3) is 0.600. The highest BCUT2D eigenvalue weighted by molar-refractivity contribution is 5.75. The van der Waals surface area contributed by atoms with Crippen LogP contribution in [0.1, 0.15) is 13.8 Å². The Balaban J connectivity index is 3.49. The second-order valence-electron chi connectivity index (χ2n) is 1.89. The van der Waals surface area contributed by atoms with E-state index in [9.17, 15) is 9.59 Å². The molecule has 58 valence electrons. The molecule has 0 aromatic heterocycles. The summed E-state index contributed by atoms with van der Waals surface area (Å²) in [7, 11) is 0. The molecule has 0 spiro atoms. The highest BCUT2D eigenvalue weighted by Gasteiger charge is 2.08. The Labute approximate surface area is 58.4 Å². The van der Waals surface area contributed by atoms with Crippen LogP contribution in [0.15, 0.2) is 0 Å². The molecule has 0 rings (SSSR count). The third-order valence-electron chi connectivity index (χ3n) is 0.835. The summed E-state index contributed by atoms with van der Waals surface area (Å²) < 4.78 is 0. The van der Waals surface area contributed by atoms with Gasteiger partial charge in [-0.2, -0.15) is 0 Å². The molecule has 0 heterocycles. The predicted molar refractivity (Wildman–Crippen MR) is 34.1 cm³/mol. The van der Waals surface area contributed by atoms with Gasteiger partial charge in [0.15, 0.2) is 0 Å². The number of hydrazine groups is 1. The largest absolute Gasteiger partial charge is 0.480 e. The van der Waals surface area contributed by atoms with Crippen LogP contribution in [0.5, 0.6) is 0 Å². The monoisotopic (exact) mass is 146 g/mol. The van der Waals surface area contributed by atoms with Gasteiger partial charge in [0.05, 0.1) is 0 Å². The second-order valence-corrected chi connectivity index (χ2v) is 1.89. The summed E-state index contributed by atoms with van der Waals surface area (Å²) in [5.41, 5.74) is 4.44. The average Bonchev–Trinajstić information content (AvgIpc) is 1.82. The molecule has 3 N–H and O–H groups in total. The normalized spacial score (nSPS) is 12.2. The molecule has 0 aromatic rings. The third-order valence-corrected chi connectivity index (χ3v) is 0.835. The lowest BCUT2D eigenvalue weighted by Gasteiger charge is -2.07. The van der Waals surface area contributed by atoms with Gasteiger partial charge in [0.1, 0.15) is 6.04 Å². The van der Waals surface area contributed by atoms with Gasteiger partial charge >= 0.3 is 5.97 Å². The zero-order valence-corrected chi connectivity index (χ0v) is 5.84. The lowest BCUT2D eigenvalue weighted by atomic mass is 10.4. The predicted octanol–water partition coefficient (Wildman–Crippen LogP) is -0.900. The van der Waals surface area contributed by atoms with Crippen molar-refractivity contribution in [1.29, 1.82) is 0 Å². The fourth-order valence-corrected chi connectivity index (χ4v) is 0.272. The molecule has 0 unspecified atom stereocenters. The first-order valence-corrected chi connectivity index (χ1v) is 2.79. The van der Waals surface area contributed by atoms with Crippen LogP contribution < -0.4 is 10.9 Å². The molecule has 0 saturated heterocycles. The maximum Gasteiger partial charge on any atom is 0.322 e. The molecule has 0 aliphatic rings. The van der Waals surface area contributed by atoms with Crippen LogP contribution >= 0.6 is 0 Å². The number of amides is 1. The van der Waals surface area contributed by atoms with E-state index in [1.54, 1.807) is 0 Å². The van der Waals surface area contributed by atoms with Crippen LogP contribution in [-0.2, 0) is 9.59 Å². The molecule has 0 aliphatic carbocycles. The van der Waals surface area contributed by atoms with Crippen molar-refractivity contribution in [2.24, 2.45) is 0 Å². The zero-order valence-electron chi connectivity index (χ0n) is 5.84. The van der Waals surface area contributed by atoms with Gasteiger partial charge < -0.3 is 5.11 Å². The van der Waals surface area contributed by atoms with E-state index in [1.165, 1.54) is 13.8 Å². The molecular weight excluding hydrogens is 136 g/mol. The molecule has 5 heteroatoms. The van der Waals surface area contributed by atoms with Crippen molar-refractivity contribution in [3.63, 3.8) is 0 Å². The van der Waals surface area contributed by atoms with E-state index in [-0.39, 0.29) is 5.91 Å². The Hall–Kier alpha value is -1.10. The number of hydrogen-bond donors (Lipinski definition) is 3. The molecule has 1 atom stereocenters. The SMILES string of the molecule is CC(=O)NN[C@H](C)C(=O)O. The van der Waals surface area contributed by atoms with Crippen molar-refractivity contribution in [3.05, 3.63) is 0 Å². The minimum atomic E-state index is -1.01. The standard InChI is InChI=1S/C5H10N2O3/c1-3(5(9)10)6-7-4(2)8/h3,6H,1-2H3,(H,7,8)(H,9,10)/t3-/m1/s1. The van der Waals surface area contributed by atoms with Crippen LogP contribution in [0, 0.1) is 0 Å². The first-order chi connectivity index (χ1) is 4.54. The van der Waals surface area contributed by atoms with Crippen molar-refractivity contribution in [2.45, 2.75) is 19.9 Å². The second kappa shape index (κ2) is 3.84. The van der Waals surface area contributed by atoms with Gasteiger partial charge in [0.25, 0.3) is 0 Å². The van der Waals surface area contributed by atoms with Crippen LogP contribution in [0.2, 0.25) is 0 Å². The molecule has 10 heavy (non-hydrogen) atoms. The minimum absolute atomic E-state index is 0.312. The van der Waals surface area contributed by atoms with E-state index in [4.69, 9.17) is 5.11 Å². The number of carbonyl (C=O) groups excluding carboxylic acids is 1. The molecule has 1 amide bonds. The summed E-state index contributed by atoms with van der Waals surface area (Å²) >= 11 is 0. The molecule has 0 saturated carbocycles. The zero-order chi connectivity index (χ0) is 8.15. The third kappa shape index (κ3) is 3.85. The van der Waals surface area contributed by atoms with Gasteiger partial charge in [-0.05, 0) is 6.92 Å². The van der Waals surface area contributed by atoms with Gasteiger partial charge in [-0.1, -0.05) is 0 Å². The molecule has 0 aromatic carbocycles. The Morgan fingerprint density at radius 2 is 2.00 bits per heavy atom. The quantitative estimate of drug-likeness (QED) is 0.451. The Morgan fingerprint density at radius 1 is 1.50 bits per heavy atom. The molecule has 0 fully saturated rings.